The van der Waals surface area contributed by atoms with Gasteiger partial charge in [0, 0.05) is 4.88 Å². The van der Waals surface area contributed by atoms with Gasteiger partial charge in [0.05, 0.1) is 36.3 Å². The molecule has 1 aliphatic rings. The first-order valence-electron chi connectivity index (χ1n) is 9.33. The highest BCUT2D eigenvalue weighted by Crippen LogP contribution is 2.36. The number of carbonyl (C=O) groups is 2. The van der Waals surface area contributed by atoms with Crippen LogP contribution in [0.15, 0.2) is 57.5 Å². The Kier molecular flexibility index (Phi) is 5.31. The summed E-state index contributed by atoms with van der Waals surface area (Å²) in [6.07, 6.45) is 1.71. The van der Waals surface area contributed by atoms with Crippen LogP contribution in [0.4, 0.5) is 11.4 Å². The number of nitrogens with zero attached hydrogens (tertiary/aromatic N) is 2. The number of benzene rings is 1. The van der Waals surface area contributed by atoms with Crippen LogP contribution >= 0.6 is 11.3 Å². The number of anilines is 1. The summed E-state index contributed by atoms with van der Waals surface area (Å²) >= 11 is 1.55. The topological polar surface area (TPSA) is 74.9 Å². The molecule has 2 amide bonds. The largest absolute Gasteiger partial charge is 0.467 e. The number of hydrogen-bond acceptors (Lipinski definition) is 5. The number of hydrogen-bond donors (Lipinski definition) is 1. The molecule has 7 heteroatoms. The predicted octanol–water partition coefficient (Wildman–Crippen LogP) is 4.13. The third-order valence-corrected chi connectivity index (χ3v) is 5.82. The van der Waals surface area contributed by atoms with Crippen LogP contribution in [0.2, 0.25) is 0 Å². The van der Waals surface area contributed by atoms with E-state index in [1.54, 1.807) is 29.7 Å². The van der Waals surface area contributed by atoms with Crippen LogP contribution in [0.1, 0.15) is 28.2 Å². The zero-order chi connectivity index (χ0) is 20.4. The number of aliphatic imine (C=N–C) groups is 1. The minimum Gasteiger partial charge on any atom is -0.467 e. The number of aryl methyl sites for hydroxylation is 2. The standard InChI is InChI=1S/C22H21N3O3S/c1-14-9-17-19(10-15(14)2)25(13-21(26)23-12-16-5-3-7-28-16)22(27)11-18(24-17)20-6-4-8-29-20/h3-10H,11-13H2,1-2H3,(H,23,26). The fourth-order valence-electron chi connectivity index (χ4n) is 3.21. The maximum atomic E-state index is 13.1. The van der Waals surface area contributed by atoms with Crippen LogP contribution in [0, 0.1) is 13.8 Å². The van der Waals surface area contributed by atoms with E-state index in [-0.39, 0.29) is 31.3 Å². The lowest BCUT2D eigenvalue weighted by atomic mass is 10.1. The van der Waals surface area contributed by atoms with Gasteiger partial charge in [0.15, 0.2) is 0 Å². The first kappa shape index (κ1) is 19.1. The molecule has 29 heavy (non-hydrogen) atoms. The molecule has 3 heterocycles. The van der Waals surface area contributed by atoms with Crippen LogP contribution in [-0.2, 0) is 16.1 Å². The molecule has 1 aliphatic heterocycles. The molecule has 0 fully saturated rings. The Morgan fingerprint density at radius 1 is 1.24 bits per heavy atom. The molecule has 0 bridgehead atoms. The Bertz CT molecular complexity index is 1070. The van der Waals surface area contributed by atoms with E-state index in [1.165, 1.54) is 4.90 Å². The van der Waals surface area contributed by atoms with Gasteiger partial charge in [0.2, 0.25) is 11.8 Å². The minimum atomic E-state index is -0.251. The normalized spacial score (nSPS) is 13.7. The Balaban J connectivity index is 1.63. The molecule has 4 rings (SSSR count). The van der Waals surface area contributed by atoms with Gasteiger partial charge >= 0.3 is 0 Å². The summed E-state index contributed by atoms with van der Waals surface area (Å²) < 4.78 is 5.24. The number of thiophene rings is 1. The van der Waals surface area contributed by atoms with E-state index < -0.39 is 0 Å². The monoisotopic (exact) mass is 407 g/mol. The molecular formula is C22H21N3O3S. The summed E-state index contributed by atoms with van der Waals surface area (Å²) in [5.41, 5.74) is 4.24. The maximum Gasteiger partial charge on any atom is 0.240 e. The molecule has 1 N–H and O–H groups in total. The fourth-order valence-corrected chi connectivity index (χ4v) is 3.92. The number of nitrogens with one attached hydrogen (secondary N) is 1. The van der Waals surface area contributed by atoms with Crippen LogP contribution in [0.5, 0.6) is 0 Å². The third-order valence-electron chi connectivity index (χ3n) is 4.90. The van der Waals surface area contributed by atoms with Crippen molar-refractivity contribution in [2.75, 3.05) is 11.4 Å². The van der Waals surface area contributed by atoms with Crippen molar-refractivity contribution in [3.05, 3.63) is 69.8 Å². The molecule has 3 aromatic rings. The van der Waals surface area contributed by atoms with Crippen LogP contribution < -0.4 is 10.2 Å². The highest BCUT2D eigenvalue weighted by molar-refractivity contribution is 7.12. The van der Waals surface area contributed by atoms with Gasteiger partial charge in [-0.15, -0.1) is 11.3 Å². The SMILES string of the molecule is Cc1cc2c(cc1C)N(CC(=O)NCc1ccco1)C(=O)CC(c1cccs1)=N2. The molecule has 0 aliphatic carbocycles. The van der Waals surface area contributed by atoms with Gasteiger partial charge in [0.1, 0.15) is 12.3 Å². The Labute approximate surface area is 172 Å². The number of rotatable bonds is 5. The zero-order valence-corrected chi connectivity index (χ0v) is 17.1. The fraction of sp³-hybridized carbons (Fsp3) is 0.227. The lowest BCUT2D eigenvalue weighted by Gasteiger charge is -2.23. The quantitative estimate of drug-likeness (QED) is 0.691. The van der Waals surface area contributed by atoms with Crippen molar-refractivity contribution in [3.63, 3.8) is 0 Å². The molecule has 1 aromatic carbocycles. The highest BCUT2D eigenvalue weighted by atomic mass is 32.1. The molecule has 148 valence electrons. The number of amides is 2. The van der Waals surface area contributed by atoms with Gasteiger partial charge in [0.25, 0.3) is 0 Å². The van der Waals surface area contributed by atoms with Crippen molar-refractivity contribution in [3.8, 4) is 0 Å². The van der Waals surface area contributed by atoms with E-state index in [4.69, 9.17) is 9.41 Å². The van der Waals surface area contributed by atoms with E-state index in [0.717, 1.165) is 21.7 Å². The Morgan fingerprint density at radius 3 is 2.79 bits per heavy atom. The zero-order valence-electron chi connectivity index (χ0n) is 16.3. The second-order valence-electron chi connectivity index (χ2n) is 6.97. The highest BCUT2D eigenvalue weighted by Gasteiger charge is 2.27. The molecule has 0 radical (unpaired) electrons. The van der Waals surface area contributed by atoms with Gasteiger partial charge in [-0.25, -0.2) is 4.99 Å². The molecule has 2 aromatic heterocycles. The molecule has 6 nitrogen and oxygen atoms in total. The van der Waals surface area contributed by atoms with E-state index >= 15 is 0 Å². The molecule has 0 spiro atoms. The summed E-state index contributed by atoms with van der Waals surface area (Å²) in [6.45, 7) is 4.22. The van der Waals surface area contributed by atoms with E-state index in [1.807, 2.05) is 43.5 Å². The lowest BCUT2D eigenvalue weighted by Crippen LogP contribution is -2.41. The van der Waals surface area contributed by atoms with Crippen molar-refractivity contribution in [1.82, 2.24) is 5.32 Å². The molecule has 0 unspecified atom stereocenters. The van der Waals surface area contributed by atoms with Gasteiger partial charge < -0.3 is 14.6 Å². The number of carbonyl (C=O) groups excluding carboxylic acids is 2. The van der Waals surface area contributed by atoms with Gasteiger partial charge in [-0.05, 0) is 60.7 Å². The molecule has 0 saturated heterocycles. The summed E-state index contributed by atoms with van der Waals surface area (Å²) in [5, 5.41) is 4.77. The molecule has 0 atom stereocenters. The minimum absolute atomic E-state index is 0.0672. The number of fused-ring (bicyclic) bond motifs is 1. The summed E-state index contributed by atoms with van der Waals surface area (Å²) in [6, 6.07) is 11.4. The molecular weight excluding hydrogens is 386 g/mol. The van der Waals surface area contributed by atoms with Gasteiger partial charge in [-0.3, -0.25) is 9.59 Å². The first-order chi connectivity index (χ1) is 14.0. The molecule has 0 saturated carbocycles. The van der Waals surface area contributed by atoms with E-state index in [2.05, 4.69) is 5.32 Å². The van der Waals surface area contributed by atoms with Gasteiger partial charge in [-0.2, -0.15) is 0 Å². The second kappa shape index (κ2) is 8.05. The van der Waals surface area contributed by atoms with Crippen molar-refractivity contribution in [2.24, 2.45) is 4.99 Å². The predicted molar refractivity (Wildman–Crippen MR) is 114 cm³/mol. The van der Waals surface area contributed by atoms with Crippen molar-refractivity contribution in [2.45, 2.75) is 26.8 Å². The summed E-state index contributed by atoms with van der Waals surface area (Å²) in [7, 11) is 0. The van der Waals surface area contributed by atoms with Crippen LogP contribution in [-0.4, -0.2) is 24.1 Å². The van der Waals surface area contributed by atoms with Crippen molar-refractivity contribution in [1.29, 1.82) is 0 Å². The Morgan fingerprint density at radius 2 is 2.07 bits per heavy atom. The lowest BCUT2D eigenvalue weighted by molar-refractivity contribution is -0.123. The van der Waals surface area contributed by atoms with Crippen LogP contribution in [0.3, 0.4) is 0 Å². The van der Waals surface area contributed by atoms with E-state index in [0.29, 0.717) is 17.1 Å². The number of furan rings is 1. The second-order valence-corrected chi connectivity index (χ2v) is 7.92. The smallest absolute Gasteiger partial charge is 0.240 e. The summed E-state index contributed by atoms with van der Waals surface area (Å²) in [5.74, 6) is 0.265. The van der Waals surface area contributed by atoms with Crippen LogP contribution in [0.25, 0.3) is 0 Å². The van der Waals surface area contributed by atoms with Gasteiger partial charge in [-0.1, -0.05) is 6.07 Å². The summed E-state index contributed by atoms with van der Waals surface area (Å²) in [4.78, 5) is 32.9. The van der Waals surface area contributed by atoms with Crippen molar-refractivity contribution < 1.29 is 14.0 Å². The van der Waals surface area contributed by atoms with E-state index in [9.17, 15) is 9.59 Å². The maximum absolute atomic E-state index is 13.1. The average Bonchev–Trinajstić information content (AvgIpc) is 3.39. The first-order valence-corrected chi connectivity index (χ1v) is 10.2. The Hall–Kier alpha value is -3.19. The van der Waals surface area contributed by atoms with Crippen molar-refractivity contribution >= 4 is 40.2 Å². The third kappa shape index (κ3) is 4.14. The average molecular weight is 407 g/mol.